The fourth-order valence-corrected chi connectivity index (χ4v) is 2.84. The number of hydrogen-bond acceptors (Lipinski definition) is 5. The van der Waals surface area contributed by atoms with E-state index in [1.165, 1.54) is 6.26 Å². The van der Waals surface area contributed by atoms with E-state index >= 15 is 0 Å². The molecule has 0 atom stereocenters. The van der Waals surface area contributed by atoms with Gasteiger partial charge in [0.05, 0.1) is 16.3 Å². The van der Waals surface area contributed by atoms with Crippen molar-refractivity contribution in [2.24, 2.45) is 0 Å². The van der Waals surface area contributed by atoms with E-state index in [4.69, 9.17) is 5.73 Å². The quantitative estimate of drug-likeness (QED) is 0.934. The van der Waals surface area contributed by atoms with Crippen LogP contribution in [-0.4, -0.2) is 24.6 Å². The van der Waals surface area contributed by atoms with E-state index in [-0.39, 0.29) is 10.8 Å². The second kappa shape index (κ2) is 5.20. The fraction of sp³-hybridized carbons (Fsp3) is 0.286. The lowest BCUT2D eigenvalue weighted by atomic mass is 10.0. The van der Waals surface area contributed by atoms with Gasteiger partial charge >= 0.3 is 0 Å². The highest BCUT2D eigenvalue weighted by Gasteiger charge is 2.14. The SMILES string of the molecule is CCc1nc(N)nc(C)c1-c1cccc(S(C)(=O)=O)c1. The minimum atomic E-state index is -3.24. The van der Waals surface area contributed by atoms with Crippen LogP contribution in [-0.2, 0) is 16.3 Å². The van der Waals surface area contributed by atoms with Gasteiger partial charge in [-0.1, -0.05) is 19.1 Å². The molecular weight excluding hydrogens is 274 g/mol. The largest absolute Gasteiger partial charge is 0.368 e. The third-order valence-corrected chi connectivity index (χ3v) is 4.18. The molecule has 5 nitrogen and oxygen atoms in total. The average Bonchev–Trinajstić information content (AvgIpc) is 2.36. The van der Waals surface area contributed by atoms with Crippen molar-refractivity contribution in [3.63, 3.8) is 0 Å². The zero-order valence-electron chi connectivity index (χ0n) is 11.7. The summed E-state index contributed by atoms with van der Waals surface area (Å²) in [5.41, 5.74) is 8.88. The van der Waals surface area contributed by atoms with Gasteiger partial charge in [-0.25, -0.2) is 18.4 Å². The lowest BCUT2D eigenvalue weighted by Gasteiger charge is -2.12. The van der Waals surface area contributed by atoms with Crippen LogP contribution < -0.4 is 5.73 Å². The number of anilines is 1. The van der Waals surface area contributed by atoms with Gasteiger partial charge in [0.1, 0.15) is 0 Å². The fourth-order valence-electron chi connectivity index (χ4n) is 2.17. The number of hydrogen-bond donors (Lipinski definition) is 1. The molecule has 2 rings (SSSR count). The Bertz CT molecular complexity index is 755. The van der Waals surface area contributed by atoms with Crippen molar-refractivity contribution in [1.29, 1.82) is 0 Å². The molecule has 0 saturated carbocycles. The molecule has 1 aromatic heterocycles. The highest BCUT2D eigenvalue weighted by Crippen LogP contribution is 2.28. The van der Waals surface area contributed by atoms with Crippen molar-refractivity contribution < 1.29 is 8.42 Å². The summed E-state index contributed by atoms with van der Waals surface area (Å²) in [6, 6.07) is 6.81. The third-order valence-electron chi connectivity index (χ3n) is 3.07. The van der Waals surface area contributed by atoms with E-state index in [9.17, 15) is 8.42 Å². The van der Waals surface area contributed by atoms with E-state index in [1.807, 2.05) is 19.9 Å². The first kappa shape index (κ1) is 14.5. The van der Waals surface area contributed by atoms with Gasteiger partial charge in [0.2, 0.25) is 5.95 Å². The molecule has 0 bridgehead atoms. The zero-order valence-corrected chi connectivity index (χ0v) is 12.5. The molecule has 6 heteroatoms. The maximum atomic E-state index is 11.7. The Kier molecular flexibility index (Phi) is 3.76. The molecule has 0 saturated heterocycles. The second-order valence-electron chi connectivity index (χ2n) is 4.64. The van der Waals surface area contributed by atoms with Gasteiger partial charge in [-0.05, 0) is 31.0 Å². The normalized spacial score (nSPS) is 11.6. The number of rotatable bonds is 3. The van der Waals surface area contributed by atoms with Crippen LogP contribution in [0.25, 0.3) is 11.1 Å². The van der Waals surface area contributed by atoms with Gasteiger partial charge in [-0.3, -0.25) is 0 Å². The predicted octanol–water partition coefficient (Wildman–Crippen LogP) is 2.00. The standard InChI is InChI=1S/C14H17N3O2S/c1-4-12-13(9(2)16-14(15)17-12)10-6-5-7-11(8-10)20(3,18)19/h5-8H,4H2,1-3H3,(H2,15,16,17). The summed E-state index contributed by atoms with van der Waals surface area (Å²) in [5.74, 6) is 0.238. The minimum Gasteiger partial charge on any atom is -0.368 e. The Labute approximate surface area is 118 Å². The number of aryl methyl sites for hydroxylation is 2. The molecule has 0 unspecified atom stereocenters. The van der Waals surface area contributed by atoms with Gasteiger partial charge in [0.15, 0.2) is 9.84 Å². The number of nitrogens with zero attached hydrogens (tertiary/aromatic N) is 2. The third kappa shape index (κ3) is 2.80. The molecule has 20 heavy (non-hydrogen) atoms. The summed E-state index contributed by atoms with van der Waals surface area (Å²) in [5, 5.41) is 0. The maximum absolute atomic E-state index is 11.7. The van der Waals surface area contributed by atoms with Crippen molar-refractivity contribution in [2.75, 3.05) is 12.0 Å². The first-order valence-corrected chi connectivity index (χ1v) is 8.15. The Morgan fingerprint density at radius 3 is 2.55 bits per heavy atom. The van der Waals surface area contributed by atoms with Crippen molar-refractivity contribution in [1.82, 2.24) is 9.97 Å². The van der Waals surface area contributed by atoms with Crippen LogP contribution in [0.1, 0.15) is 18.3 Å². The summed E-state index contributed by atoms with van der Waals surface area (Å²) in [7, 11) is -3.24. The smallest absolute Gasteiger partial charge is 0.220 e. The van der Waals surface area contributed by atoms with Crippen LogP contribution in [0.2, 0.25) is 0 Å². The van der Waals surface area contributed by atoms with Gasteiger partial charge in [-0.15, -0.1) is 0 Å². The number of sulfone groups is 1. The summed E-state index contributed by atoms with van der Waals surface area (Å²) >= 11 is 0. The summed E-state index contributed by atoms with van der Waals surface area (Å²) in [6.07, 6.45) is 1.89. The number of nitrogens with two attached hydrogens (primary N) is 1. The predicted molar refractivity (Wildman–Crippen MR) is 79.1 cm³/mol. The Hall–Kier alpha value is -1.95. The van der Waals surface area contributed by atoms with Crippen LogP contribution in [0.3, 0.4) is 0 Å². The van der Waals surface area contributed by atoms with Crippen molar-refractivity contribution in [3.8, 4) is 11.1 Å². The van der Waals surface area contributed by atoms with E-state index in [1.54, 1.807) is 18.2 Å². The molecule has 2 N–H and O–H groups in total. The zero-order chi connectivity index (χ0) is 14.9. The van der Waals surface area contributed by atoms with E-state index < -0.39 is 9.84 Å². The van der Waals surface area contributed by atoms with Crippen molar-refractivity contribution in [2.45, 2.75) is 25.2 Å². The molecule has 0 aliphatic carbocycles. The molecule has 106 valence electrons. The van der Waals surface area contributed by atoms with E-state index in [0.717, 1.165) is 22.5 Å². The van der Waals surface area contributed by atoms with Crippen molar-refractivity contribution >= 4 is 15.8 Å². The monoisotopic (exact) mass is 291 g/mol. The molecule has 0 fully saturated rings. The minimum absolute atomic E-state index is 0.238. The first-order valence-electron chi connectivity index (χ1n) is 6.26. The molecule has 1 aromatic carbocycles. The Balaban J connectivity index is 2.69. The molecular formula is C14H17N3O2S. The highest BCUT2D eigenvalue weighted by atomic mass is 32.2. The topological polar surface area (TPSA) is 85.9 Å². The highest BCUT2D eigenvalue weighted by molar-refractivity contribution is 7.90. The average molecular weight is 291 g/mol. The lowest BCUT2D eigenvalue weighted by Crippen LogP contribution is -2.05. The van der Waals surface area contributed by atoms with Crippen LogP contribution >= 0.6 is 0 Å². The summed E-state index contributed by atoms with van der Waals surface area (Å²) < 4.78 is 23.3. The first-order chi connectivity index (χ1) is 9.32. The van der Waals surface area contributed by atoms with Crippen LogP contribution in [0.15, 0.2) is 29.2 Å². The molecule has 0 amide bonds. The summed E-state index contributed by atoms with van der Waals surface area (Å²) in [4.78, 5) is 8.69. The number of aromatic nitrogens is 2. The molecule has 2 aromatic rings. The van der Waals surface area contributed by atoms with Gasteiger partial charge < -0.3 is 5.73 Å². The van der Waals surface area contributed by atoms with Crippen LogP contribution in [0.4, 0.5) is 5.95 Å². The Morgan fingerprint density at radius 2 is 1.95 bits per heavy atom. The second-order valence-corrected chi connectivity index (χ2v) is 6.66. The lowest BCUT2D eigenvalue weighted by molar-refractivity contribution is 0.602. The van der Waals surface area contributed by atoms with E-state index in [0.29, 0.717) is 6.42 Å². The molecule has 0 aliphatic heterocycles. The number of nitrogen functional groups attached to an aromatic ring is 1. The molecule has 0 radical (unpaired) electrons. The molecule has 0 spiro atoms. The van der Waals surface area contributed by atoms with E-state index in [2.05, 4.69) is 9.97 Å². The van der Waals surface area contributed by atoms with Gasteiger partial charge in [0.25, 0.3) is 0 Å². The van der Waals surface area contributed by atoms with Crippen LogP contribution in [0.5, 0.6) is 0 Å². The Morgan fingerprint density at radius 1 is 1.25 bits per heavy atom. The van der Waals surface area contributed by atoms with Crippen molar-refractivity contribution in [3.05, 3.63) is 35.7 Å². The number of benzene rings is 1. The van der Waals surface area contributed by atoms with Gasteiger partial charge in [0, 0.05) is 11.8 Å². The molecule has 1 heterocycles. The maximum Gasteiger partial charge on any atom is 0.220 e. The molecule has 0 aliphatic rings. The van der Waals surface area contributed by atoms with Gasteiger partial charge in [-0.2, -0.15) is 0 Å². The summed E-state index contributed by atoms with van der Waals surface area (Å²) in [6.45, 7) is 3.82. The van der Waals surface area contributed by atoms with Crippen LogP contribution in [0, 0.1) is 6.92 Å².